The Kier molecular flexibility index (Phi) is 9.27. The third-order valence-electron chi connectivity index (χ3n) is 8.26. The molecule has 5 heteroatoms. The lowest BCUT2D eigenvalue weighted by Crippen LogP contribution is -2.41. The van der Waals surface area contributed by atoms with Gasteiger partial charge in [0.15, 0.2) is 0 Å². The van der Waals surface area contributed by atoms with E-state index in [4.69, 9.17) is 14.0 Å². The van der Waals surface area contributed by atoms with Crippen LogP contribution < -0.4 is 10.6 Å². The van der Waals surface area contributed by atoms with Crippen LogP contribution in [0.3, 0.4) is 0 Å². The minimum absolute atomic E-state index is 0.346. The molecule has 0 saturated carbocycles. The fourth-order valence-electron chi connectivity index (χ4n) is 4.90. The van der Waals surface area contributed by atoms with Crippen LogP contribution in [-0.2, 0) is 20.7 Å². The Morgan fingerprint density at radius 2 is 1.23 bits per heavy atom. The maximum atomic E-state index is 6.27. The van der Waals surface area contributed by atoms with Gasteiger partial charge in [-0.1, -0.05) is 99.5 Å². The number of hydrogen-bond donors (Lipinski definition) is 0. The van der Waals surface area contributed by atoms with E-state index in [2.05, 4.69) is 121 Å². The average molecular weight is 543 g/mol. The molecule has 1 aliphatic rings. The van der Waals surface area contributed by atoms with E-state index in [1.54, 1.807) is 0 Å². The molecule has 3 aromatic rings. The van der Waals surface area contributed by atoms with Crippen LogP contribution in [0.15, 0.2) is 66.7 Å². The van der Waals surface area contributed by atoms with Crippen LogP contribution in [0.4, 0.5) is 0 Å². The zero-order valence-electron chi connectivity index (χ0n) is 25.4. The zero-order valence-corrected chi connectivity index (χ0v) is 26.4. The van der Waals surface area contributed by atoms with E-state index < -0.39 is 8.07 Å². The summed E-state index contributed by atoms with van der Waals surface area (Å²) in [6, 6.07) is 24.7. The Morgan fingerprint density at radius 3 is 1.74 bits per heavy atom. The van der Waals surface area contributed by atoms with Gasteiger partial charge >= 0.3 is 7.12 Å². The molecule has 0 aliphatic carbocycles. The van der Waals surface area contributed by atoms with Crippen molar-refractivity contribution in [2.45, 2.75) is 97.8 Å². The summed E-state index contributed by atoms with van der Waals surface area (Å²) in [5, 5.41) is 1.48. The van der Waals surface area contributed by atoms with E-state index in [0.717, 1.165) is 18.5 Å². The molecular weight excluding hydrogens is 495 g/mol. The zero-order chi connectivity index (χ0) is 28.3. The van der Waals surface area contributed by atoms with Gasteiger partial charge < -0.3 is 14.0 Å². The van der Waals surface area contributed by atoms with Gasteiger partial charge in [-0.3, -0.25) is 0 Å². The third kappa shape index (κ3) is 7.32. The van der Waals surface area contributed by atoms with Crippen molar-refractivity contribution in [1.82, 2.24) is 0 Å². The molecule has 0 radical (unpaired) electrons. The van der Waals surface area contributed by atoms with Crippen LogP contribution in [-0.4, -0.2) is 33.0 Å². The molecule has 1 aliphatic heterocycles. The molecule has 208 valence electrons. The van der Waals surface area contributed by atoms with Gasteiger partial charge in [0.2, 0.25) is 0 Å². The van der Waals surface area contributed by atoms with E-state index in [-0.39, 0.29) is 18.3 Å². The highest BCUT2D eigenvalue weighted by atomic mass is 28.3. The van der Waals surface area contributed by atoms with Crippen LogP contribution in [0.2, 0.25) is 19.6 Å². The van der Waals surface area contributed by atoms with Crippen molar-refractivity contribution in [3.63, 3.8) is 0 Å². The first-order valence-electron chi connectivity index (χ1n) is 14.7. The lowest BCUT2D eigenvalue weighted by Gasteiger charge is -2.32. The lowest BCUT2D eigenvalue weighted by atomic mass is 9.78. The summed E-state index contributed by atoms with van der Waals surface area (Å²) in [5.74, 6) is 0. The summed E-state index contributed by atoms with van der Waals surface area (Å²) >= 11 is 0. The average Bonchev–Trinajstić information content (AvgIpc) is 3.12. The van der Waals surface area contributed by atoms with Crippen molar-refractivity contribution in [3.8, 4) is 22.3 Å². The minimum atomic E-state index is -1.34. The molecule has 0 atom stereocenters. The molecule has 1 fully saturated rings. The maximum absolute atomic E-state index is 6.27. The van der Waals surface area contributed by atoms with E-state index >= 15 is 0 Å². The number of rotatable bonds is 11. The molecule has 1 saturated heterocycles. The van der Waals surface area contributed by atoms with Crippen molar-refractivity contribution in [2.24, 2.45) is 0 Å². The van der Waals surface area contributed by atoms with Crippen molar-refractivity contribution in [2.75, 3.05) is 6.61 Å². The Morgan fingerprint density at radius 1 is 0.692 bits per heavy atom. The summed E-state index contributed by atoms with van der Waals surface area (Å²) in [6.45, 7) is 19.2. The smallest absolute Gasteiger partial charge is 0.399 e. The second-order valence-corrected chi connectivity index (χ2v) is 18.1. The van der Waals surface area contributed by atoms with Gasteiger partial charge in [0.25, 0.3) is 0 Å². The van der Waals surface area contributed by atoms with Crippen LogP contribution in [0.25, 0.3) is 22.3 Å². The van der Waals surface area contributed by atoms with Crippen molar-refractivity contribution in [3.05, 3.63) is 72.3 Å². The summed E-state index contributed by atoms with van der Waals surface area (Å²) in [7, 11) is -1.69. The topological polar surface area (TPSA) is 27.7 Å². The number of hydrogen-bond acceptors (Lipinski definition) is 3. The van der Waals surface area contributed by atoms with Gasteiger partial charge in [0.05, 0.1) is 25.9 Å². The van der Waals surface area contributed by atoms with Crippen LogP contribution in [0.1, 0.15) is 65.9 Å². The van der Waals surface area contributed by atoms with E-state index in [1.807, 2.05) is 0 Å². The molecule has 0 bridgehead atoms. The van der Waals surface area contributed by atoms with Gasteiger partial charge in [0, 0.05) is 6.61 Å². The highest BCUT2D eigenvalue weighted by Gasteiger charge is 2.51. The summed E-state index contributed by atoms with van der Waals surface area (Å²) < 4.78 is 18.6. The quantitative estimate of drug-likeness (QED) is 0.182. The Bertz CT molecular complexity index is 1210. The molecular formula is C34H47BO3Si. The maximum Gasteiger partial charge on any atom is 0.494 e. The summed E-state index contributed by atoms with van der Waals surface area (Å²) in [6.07, 6.45) is 4.88. The predicted molar refractivity (Wildman–Crippen MR) is 170 cm³/mol. The van der Waals surface area contributed by atoms with Gasteiger partial charge in [-0.15, -0.1) is 0 Å². The fraction of sp³-hybridized carbons (Fsp3) is 0.471. The van der Waals surface area contributed by atoms with Gasteiger partial charge in [-0.25, -0.2) is 0 Å². The molecule has 1 heterocycles. The predicted octanol–water partition coefficient (Wildman–Crippen LogP) is 7.96. The van der Waals surface area contributed by atoms with E-state index in [1.165, 1.54) is 52.3 Å². The van der Waals surface area contributed by atoms with Crippen molar-refractivity contribution >= 4 is 25.8 Å². The molecule has 0 N–H and O–H groups in total. The van der Waals surface area contributed by atoms with Crippen molar-refractivity contribution < 1.29 is 14.0 Å². The van der Waals surface area contributed by atoms with Crippen LogP contribution in [0.5, 0.6) is 0 Å². The Hall–Kier alpha value is -2.18. The molecule has 0 aromatic heterocycles. The summed E-state index contributed by atoms with van der Waals surface area (Å²) in [5.41, 5.74) is 6.42. The molecule has 3 nitrogen and oxygen atoms in total. The number of unbranched alkanes of at least 4 members (excludes halogenated alkanes) is 3. The Labute approximate surface area is 238 Å². The first-order valence-corrected chi connectivity index (χ1v) is 18.2. The van der Waals surface area contributed by atoms with E-state index in [0.29, 0.717) is 6.61 Å². The third-order valence-corrected chi connectivity index (χ3v) is 10.3. The summed E-state index contributed by atoms with van der Waals surface area (Å²) in [4.78, 5) is 0. The Balaban J connectivity index is 1.59. The lowest BCUT2D eigenvalue weighted by molar-refractivity contribution is 0.00578. The molecule has 4 rings (SSSR count). The molecule has 3 aromatic carbocycles. The van der Waals surface area contributed by atoms with Crippen molar-refractivity contribution in [1.29, 1.82) is 0 Å². The number of ether oxygens (including phenoxy) is 1. The van der Waals surface area contributed by atoms with E-state index in [9.17, 15) is 0 Å². The first kappa shape index (κ1) is 29.8. The van der Waals surface area contributed by atoms with Gasteiger partial charge in [-0.2, -0.15) is 0 Å². The second kappa shape index (κ2) is 12.1. The van der Waals surface area contributed by atoms with Gasteiger partial charge in [-0.05, 0) is 85.6 Å². The fourth-order valence-corrected chi connectivity index (χ4v) is 6.07. The SMILES string of the molecule is CCCCCCOCc1cc(-c2ccc(B3OC(C)(C)C(C)(C)O3)cc2)cc(-c2ccc([Si](C)(C)C)cc2)c1. The normalized spacial score (nSPS) is 16.6. The molecule has 0 unspecified atom stereocenters. The highest BCUT2D eigenvalue weighted by Crippen LogP contribution is 2.36. The van der Waals surface area contributed by atoms with Crippen LogP contribution in [0, 0.1) is 0 Å². The van der Waals surface area contributed by atoms with Crippen LogP contribution >= 0.6 is 0 Å². The molecule has 0 spiro atoms. The standard InChI is InChI=1S/C34H47BO3Si/c1-9-10-11-12-21-36-25-26-22-29(24-30(23-26)28-15-19-32(20-16-28)39(6,7)8)27-13-17-31(18-14-27)35-37-33(2,3)34(4,5)38-35/h13-20,22-24H,9-12,21,25H2,1-8H3. The molecule has 0 amide bonds. The first-order chi connectivity index (χ1) is 18.4. The second-order valence-electron chi connectivity index (χ2n) is 13.1. The molecule has 39 heavy (non-hydrogen) atoms. The monoisotopic (exact) mass is 542 g/mol. The largest absolute Gasteiger partial charge is 0.494 e. The highest BCUT2D eigenvalue weighted by molar-refractivity contribution is 6.88. The minimum Gasteiger partial charge on any atom is -0.399 e. The number of benzene rings is 3. The van der Waals surface area contributed by atoms with Gasteiger partial charge in [0.1, 0.15) is 0 Å².